The predicted molar refractivity (Wildman–Crippen MR) is 85.0 cm³/mol. The molecule has 0 unspecified atom stereocenters. The number of hydrogen-bond donors (Lipinski definition) is 2. The summed E-state index contributed by atoms with van der Waals surface area (Å²) in [4.78, 5) is 23.2. The van der Waals surface area contributed by atoms with Gasteiger partial charge in [-0.25, -0.2) is 0 Å². The smallest absolute Gasteiger partial charge is 0.313 e. The van der Waals surface area contributed by atoms with E-state index in [1.165, 1.54) is 0 Å². The second-order valence-electron chi connectivity index (χ2n) is 4.38. The Morgan fingerprint density at radius 1 is 0.955 bits per heavy atom. The molecule has 2 N–H and O–H groups in total. The van der Waals surface area contributed by atoms with Crippen molar-refractivity contribution < 1.29 is 14.3 Å². The first-order chi connectivity index (χ1) is 10.6. The second kappa shape index (κ2) is 8.05. The highest BCUT2D eigenvalue weighted by Gasteiger charge is 2.12. The minimum Gasteiger partial charge on any atom is -0.492 e. The standard InChI is InChI=1S/C16H15ClN2O3/c17-12-6-8-14(9-7-12)22-11-10-18-15(20)16(21)19-13-4-2-1-3-5-13/h1-9H,10-11H2,(H,18,20)(H,19,21). The summed E-state index contributed by atoms with van der Waals surface area (Å²) in [5, 5.41) is 5.61. The van der Waals surface area contributed by atoms with Crippen molar-refractivity contribution in [3.8, 4) is 5.75 Å². The molecule has 0 radical (unpaired) electrons. The van der Waals surface area contributed by atoms with Crippen molar-refractivity contribution in [2.24, 2.45) is 0 Å². The third-order valence-corrected chi connectivity index (χ3v) is 2.96. The first kappa shape index (κ1) is 15.9. The first-order valence-corrected chi connectivity index (χ1v) is 7.05. The SMILES string of the molecule is O=C(NCCOc1ccc(Cl)cc1)C(=O)Nc1ccccc1. The average Bonchev–Trinajstić information content (AvgIpc) is 2.54. The summed E-state index contributed by atoms with van der Waals surface area (Å²) in [6.45, 7) is 0.482. The number of carbonyl (C=O) groups is 2. The number of nitrogens with one attached hydrogen (secondary N) is 2. The first-order valence-electron chi connectivity index (χ1n) is 6.68. The third-order valence-electron chi connectivity index (χ3n) is 2.71. The van der Waals surface area contributed by atoms with Crippen molar-refractivity contribution in [1.29, 1.82) is 0 Å². The molecule has 0 fully saturated rings. The van der Waals surface area contributed by atoms with Gasteiger partial charge in [0.05, 0.1) is 6.54 Å². The summed E-state index contributed by atoms with van der Waals surface area (Å²) >= 11 is 5.76. The zero-order chi connectivity index (χ0) is 15.8. The van der Waals surface area contributed by atoms with E-state index in [1.807, 2.05) is 6.07 Å². The summed E-state index contributed by atoms with van der Waals surface area (Å²) in [6, 6.07) is 15.7. The molecular formula is C16H15ClN2O3. The Morgan fingerprint density at radius 3 is 2.32 bits per heavy atom. The van der Waals surface area contributed by atoms with E-state index in [1.54, 1.807) is 48.5 Å². The van der Waals surface area contributed by atoms with Crippen LogP contribution in [0.1, 0.15) is 0 Å². The number of ether oxygens (including phenoxy) is 1. The number of halogens is 1. The molecule has 22 heavy (non-hydrogen) atoms. The van der Waals surface area contributed by atoms with Gasteiger partial charge in [0.25, 0.3) is 0 Å². The Balaban J connectivity index is 1.69. The number of carbonyl (C=O) groups excluding carboxylic acids is 2. The maximum Gasteiger partial charge on any atom is 0.313 e. The van der Waals surface area contributed by atoms with Crippen molar-refractivity contribution in [1.82, 2.24) is 5.32 Å². The zero-order valence-electron chi connectivity index (χ0n) is 11.7. The fourth-order valence-corrected chi connectivity index (χ4v) is 1.78. The maximum atomic E-state index is 11.6. The monoisotopic (exact) mass is 318 g/mol. The summed E-state index contributed by atoms with van der Waals surface area (Å²) in [6.07, 6.45) is 0. The molecule has 0 saturated carbocycles. The molecule has 2 rings (SSSR count). The molecule has 5 nitrogen and oxygen atoms in total. The fourth-order valence-electron chi connectivity index (χ4n) is 1.65. The molecule has 2 aromatic carbocycles. The lowest BCUT2D eigenvalue weighted by molar-refractivity contribution is -0.136. The van der Waals surface area contributed by atoms with Crippen molar-refractivity contribution in [3.05, 3.63) is 59.6 Å². The number of anilines is 1. The molecule has 114 valence electrons. The van der Waals surface area contributed by atoms with Gasteiger partial charge in [-0.05, 0) is 36.4 Å². The van der Waals surface area contributed by atoms with Crippen LogP contribution in [0.2, 0.25) is 5.02 Å². The van der Waals surface area contributed by atoms with Gasteiger partial charge in [-0.2, -0.15) is 0 Å². The van der Waals surface area contributed by atoms with Gasteiger partial charge in [0.1, 0.15) is 12.4 Å². The van der Waals surface area contributed by atoms with Crippen LogP contribution in [-0.2, 0) is 9.59 Å². The van der Waals surface area contributed by atoms with Crippen LogP contribution in [0, 0.1) is 0 Å². The van der Waals surface area contributed by atoms with E-state index in [2.05, 4.69) is 10.6 Å². The van der Waals surface area contributed by atoms with Crippen LogP contribution >= 0.6 is 11.6 Å². The molecule has 0 aromatic heterocycles. The Labute approximate surface area is 133 Å². The zero-order valence-corrected chi connectivity index (χ0v) is 12.5. The highest BCUT2D eigenvalue weighted by Crippen LogP contribution is 2.15. The second-order valence-corrected chi connectivity index (χ2v) is 4.81. The van der Waals surface area contributed by atoms with Gasteiger partial charge in [-0.3, -0.25) is 9.59 Å². The average molecular weight is 319 g/mol. The highest BCUT2D eigenvalue weighted by atomic mass is 35.5. The molecule has 0 aliphatic heterocycles. The van der Waals surface area contributed by atoms with Gasteiger partial charge in [0.15, 0.2) is 0 Å². The van der Waals surface area contributed by atoms with Gasteiger partial charge < -0.3 is 15.4 Å². The van der Waals surface area contributed by atoms with Gasteiger partial charge in [0, 0.05) is 10.7 Å². The Bertz CT molecular complexity index is 630. The molecule has 6 heteroatoms. The molecule has 2 amide bonds. The molecule has 0 bridgehead atoms. The van der Waals surface area contributed by atoms with Crippen molar-refractivity contribution in [2.45, 2.75) is 0 Å². The van der Waals surface area contributed by atoms with Gasteiger partial charge in [-0.1, -0.05) is 29.8 Å². The van der Waals surface area contributed by atoms with E-state index < -0.39 is 11.8 Å². The van der Waals surface area contributed by atoms with Crippen molar-refractivity contribution >= 4 is 29.1 Å². The lowest BCUT2D eigenvalue weighted by atomic mass is 10.3. The Kier molecular flexibility index (Phi) is 5.80. The number of benzene rings is 2. The van der Waals surface area contributed by atoms with Crippen molar-refractivity contribution in [2.75, 3.05) is 18.5 Å². The normalized spacial score (nSPS) is 9.86. The molecule has 2 aromatic rings. The van der Waals surface area contributed by atoms with E-state index in [9.17, 15) is 9.59 Å². The van der Waals surface area contributed by atoms with Crippen LogP contribution in [0.5, 0.6) is 5.75 Å². The van der Waals surface area contributed by atoms with Crippen LogP contribution in [-0.4, -0.2) is 25.0 Å². The van der Waals surface area contributed by atoms with Crippen LogP contribution in [0.25, 0.3) is 0 Å². The Hall–Kier alpha value is -2.53. The summed E-state index contributed by atoms with van der Waals surface area (Å²) in [5.41, 5.74) is 0.570. The van der Waals surface area contributed by atoms with Gasteiger partial charge >= 0.3 is 11.8 Å². The highest BCUT2D eigenvalue weighted by molar-refractivity contribution is 6.39. The van der Waals surface area contributed by atoms with Gasteiger partial charge in [-0.15, -0.1) is 0 Å². The third kappa shape index (κ3) is 5.10. The van der Waals surface area contributed by atoms with Crippen LogP contribution < -0.4 is 15.4 Å². The minimum atomic E-state index is -0.710. The molecule has 0 saturated heterocycles. The maximum absolute atomic E-state index is 11.6. The number of para-hydroxylation sites is 1. The Morgan fingerprint density at radius 2 is 1.64 bits per heavy atom. The molecular weight excluding hydrogens is 304 g/mol. The predicted octanol–water partition coefficient (Wildman–Crippen LogP) is 2.47. The van der Waals surface area contributed by atoms with Gasteiger partial charge in [0.2, 0.25) is 0 Å². The largest absolute Gasteiger partial charge is 0.492 e. The van der Waals surface area contributed by atoms with Crippen LogP contribution in [0.15, 0.2) is 54.6 Å². The molecule has 0 atom stereocenters. The number of hydrogen-bond acceptors (Lipinski definition) is 3. The summed E-state index contributed by atoms with van der Waals surface area (Å²) < 4.78 is 5.40. The lowest BCUT2D eigenvalue weighted by Gasteiger charge is -2.08. The topological polar surface area (TPSA) is 67.4 Å². The van der Waals surface area contributed by atoms with E-state index in [0.29, 0.717) is 16.5 Å². The summed E-state index contributed by atoms with van der Waals surface area (Å²) in [7, 11) is 0. The number of amides is 2. The molecule has 0 aliphatic rings. The molecule has 0 heterocycles. The van der Waals surface area contributed by atoms with E-state index >= 15 is 0 Å². The molecule has 0 spiro atoms. The minimum absolute atomic E-state index is 0.226. The quantitative estimate of drug-likeness (QED) is 0.657. The van der Waals surface area contributed by atoms with E-state index in [0.717, 1.165) is 0 Å². The number of rotatable bonds is 5. The van der Waals surface area contributed by atoms with E-state index in [4.69, 9.17) is 16.3 Å². The van der Waals surface area contributed by atoms with Crippen LogP contribution in [0.3, 0.4) is 0 Å². The molecule has 0 aliphatic carbocycles. The van der Waals surface area contributed by atoms with Crippen molar-refractivity contribution in [3.63, 3.8) is 0 Å². The fraction of sp³-hybridized carbons (Fsp3) is 0.125. The van der Waals surface area contributed by atoms with E-state index in [-0.39, 0.29) is 13.2 Å². The summed E-state index contributed by atoms with van der Waals surface area (Å²) in [5.74, 6) is -0.770. The lowest BCUT2D eigenvalue weighted by Crippen LogP contribution is -2.37. The van der Waals surface area contributed by atoms with Crippen LogP contribution in [0.4, 0.5) is 5.69 Å².